The number of nitrogens with zero attached hydrogens (tertiary/aromatic N) is 4. The minimum absolute atomic E-state index is 0.327. The normalized spacial score (nSPS) is 24.6. The van der Waals surface area contributed by atoms with Crippen LogP contribution in [-0.4, -0.2) is 54.2 Å². The Bertz CT molecular complexity index is 479. The molecule has 1 amide bonds. The molecule has 19 heavy (non-hydrogen) atoms. The van der Waals surface area contributed by atoms with Crippen LogP contribution in [0.1, 0.15) is 24.5 Å². The van der Waals surface area contributed by atoms with E-state index in [-0.39, 0.29) is 6.09 Å². The first kappa shape index (κ1) is 12.3. The number of carbonyl (C=O) groups is 1. The molecular formula is C13H18N4O2. The minimum atomic E-state index is -0.327. The van der Waals surface area contributed by atoms with Gasteiger partial charge in [0.1, 0.15) is 6.61 Å². The third kappa shape index (κ3) is 2.53. The summed E-state index contributed by atoms with van der Waals surface area (Å²) >= 11 is 0. The molecule has 3 heterocycles. The molecule has 1 unspecified atom stereocenters. The van der Waals surface area contributed by atoms with Crippen molar-refractivity contribution in [1.29, 1.82) is 0 Å². The zero-order valence-electron chi connectivity index (χ0n) is 11.1. The summed E-state index contributed by atoms with van der Waals surface area (Å²) in [5, 5.41) is 0. The Labute approximate surface area is 112 Å². The Balaban J connectivity index is 1.81. The highest BCUT2D eigenvalue weighted by Gasteiger charge is 2.26. The number of likely N-dealkylation sites (N-methyl/N-ethyl adjacent to an activating group) is 1. The second kappa shape index (κ2) is 5.13. The molecule has 1 aromatic rings. The summed E-state index contributed by atoms with van der Waals surface area (Å²) in [6.45, 7) is 3.13. The van der Waals surface area contributed by atoms with E-state index in [1.807, 2.05) is 6.20 Å². The number of rotatable bonds is 2. The third-order valence-corrected chi connectivity index (χ3v) is 3.72. The van der Waals surface area contributed by atoms with Gasteiger partial charge < -0.3 is 9.64 Å². The van der Waals surface area contributed by atoms with Crippen LogP contribution in [0.15, 0.2) is 12.4 Å². The molecule has 6 nitrogen and oxygen atoms in total. The molecule has 0 bridgehead atoms. The van der Waals surface area contributed by atoms with E-state index >= 15 is 0 Å². The molecule has 2 aliphatic heterocycles. The molecule has 1 aromatic heterocycles. The largest absolute Gasteiger partial charge is 0.447 e. The Morgan fingerprint density at radius 1 is 1.37 bits per heavy atom. The molecule has 0 radical (unpaired) electrons. The van der Waals surface area contributed by atoms with Crippen molar-refractivity contribution in [1.82, 2.24) is 14.9 Å². The number of anilines is 1. The highest BCUT2D eigenvalue weighted by molar-refractivity contribution is 5.87. The number of hydrogen-bond donors (Lipinski definition) is 0. The highest BCUT2D eigenvalue weighted by Crippen LogP contribution is 2.26. The maximum Gasteiger partial charge on any atom is 0.415 e. The van der Waals surface area contributed by atoms with Crippen LogP contribution in [0.3, 0.4) is 0 Å². The first-order chi connectivity index (χ1) is 9.24. The van der Waals surface area contributed by atoms with Gasteiger partial charge in [0.15, 0.2) is 5.82 Å². The van der Waals surface area contributed by atoms with Crippen LogP contribution in [0.25, 0.3) is 0 Å². The van der Waals surface area contributed by atoms with Gasteiger partial charge in [-0.3, -0.25) is 9.88 Å². The fraction of sp³-hybridized carbons (Fsp3) is 0.615. The van der Waals surface area contributed by atoms with Gasteiger partial charge >= 0.3 is 6.09 Å². The molecule has 6 heteroatoms. The molecular weight excluding hydrogens is 244 g/mol. The number of piperidine rings is 1. The van der Waals surface area contributed by atoms with E-state index in [2.05, 4.69) is 21.9 Å². The van der Waals surface area contributed by atoms with E-state index in [1.165, 1.54) is 6.42 Å². The molecule has 2 saturated heterocycles. The van der Waals surface area contributed by atoms with Gasteiger partial charge in [-0.25, -0.2) is 9.78 Å². The summed E-state index contributed by atoms with van der Waals surface area (Å²) in [6.07, 6.45) is 5.43. The Kier molecular flexibility index (Phi) is 3.33. The van der Waals surface area contributed by atoms with E-state index in [4.69, 9.17) is 4.74 Å². The molecule has 3 rings (SSSR count). The average Bonchev–Trinajstić information content (AvgIpc) is 2.85. The first-order valence-electron chi connectivity index (χ1n) is 6.69. The van der Waals surface area contributed by atoms with Crippen LogP contribution in [0, 0.1) is 0 Å². The van der Waals surface area contributed by atoms with Crippen LogP contribution in [0.2, 0.25) is 0 Å². The standard InChI is InChI=1S/C13H18N4O2/c1-16-4-2-3-10(9-16)11-7-14-8-12(15-11)17-5-6-19-13(17)18/h7-8,10H,2-6,9H2,1H3. The Morgan fingerprint density at radius 3 is 3.00 bits per heavy atom. The predicted molar refractivity (Wildman–Crippen MR) is 70.2 cm³/mol. The fourth-order valence-electron chi connectivity index (χ4n) is 2.71. The van der Waals surface area contributed by atoms with Crippen molar-refractivity contribution in [2.24, 2.45) is 0 Å². The topological polar surface area (TPSA) is 58.6 Å². The van der Waals surface area contributed by atoms with Gasteiger partial charge in [0, 0.05) is 18.7 Å². The predicted octanol–water partition coefficient (Wildman–Crippen LogP) is 1.24. The molecule has 2 aliphatic rings. The molecule has 102 valence electrons. The summed E-state index contributed by atoms with van der Waals surface area (Å²) < 4.78 is 4.93. The fourth-order valence-corrected chi connectivity index (χ4v) is 2.71. The van der Waals surface area contributed by atoms with Crippen LogP contribution < -0.4 is 4.90 Å². The van der Waals surface area contributed by atoms with E-state index in [1.54, 1.807) is 11.1 Å². The number of carbonyl (C=O) groups excluding carboxylic acids is 1. The van der Waals surface area contributed by atoms with Crippen molar-refractivity contribution in [2.75, 3.05) is 38.2 Å². The third-order valence-electron chi connectivity index (χ3n) is 3.72. The van der Waals surface area contributed by atoms with Gasteiger partial charge in [-0.15, -0.1) is 0 Å². The molecule has 2 fully saturated rings. The molecule has 1 atom stereocenters. The van der Waals surface area contributed by atoms with Crippen LogP contribution in [0.5, 0.6) is 0 Å². The number of amides is 1. The van der Waals surface area contributed by atoms with Crippen molar-refractivity contribution in [2.45, 2.75) is 18.8 Å². The number of ether oxygens (including phenoxy) is 1. The first-order valence-corrected chi connectivity index (χ1v) is 6.69. The number of likely N-dealkylation sites (tertiary alicyclic amines) is 1. The van der Waals surface area contributed by atoms with Crippen molar-refractivity contribution < 1.29 is 9.53 Å². The van der Waals surface area contributed by atoms with Gasteiger partial charge in [-0.05, 0) is 26.4 Å². The second-order valence-electron chi connectivity index (χ2n) is 5.17. The van der Waals surface area contributed by atoms with E-state index in [9.17, 15) is 4.79 Å². The van der Waals surface area contributed by atoms with E-state index < -0.39 is 0 Å². The Morgan fingerprint density at radius 2 is 2.26 bits per heavy atom. The molecule has 0 saturated carbocycles. The maximum absolute atomic E-state index is 11.5. The van der Waals surface area contributed by atoms with Gasteiger partial charge in [-0.2, -0.15) is 0 Å². The zero-order chi connectivity index (χ0) is 13.2. The lowest BCUT2D eigenvalue weighted by molar-refractivity contribution is 0.181. The SMILES string of the molecule is CN1CCCC(c2cncc(N3CCOC3=O)n2)C1. The molecule has 0 aromatic carbocycles. The van der Waals surface area contributed by atoms with E-state index in [0.717, 1.165) is 25.2 Å². The van der Waals surface area contributed by atoms with Gasteiger partial charge in [0.2, 0.25) is 0 Å². The maximum atomic E-state index is 11.5. The van der Waals surface area contributed by atoms with E-state index in [0.29, 0.717) is 24.9 Å². The summed E-state index contributed by atoms with van der Waals surface area (Å²) in [7, 11) is 2.13. The van der Waals surface area contributed by atoms with Crippen molar-refractivity contribution in [3.05, 3.63) is 18.1 Å². The highest BCUT2D eigenvalue weighted by atomic mass is 16.6. The summed E-state index contributed by atoms with van der Waals surface area (Å²) in [4.78, 5) is 24.2. The average molecular weight is 262 g/mol. The lowest BCUT2D eigenvalue weighted by atomic mass is 9.95. The number of aromatic nitrogens is 2. The van der Waals surface area contributed by atoms with Gasteiger partial charge in [0.25, 0.3) is 0 Å². The molecule has 0 spiro atoms. The summed E-state index contributed by atoms with van der Waals surface area (Å²) in [5.41, 5.74) is 0.976. The lowest BCUT2D eigenvalue weighted by Crippen LogP contribution is -2.32. The molecule has 0 aliphatic carbocycles. The van der Waals surface area contributed by atoms with Gasteiger partial charge in [0.05, 0.1) is 18.4 Å². The monoisotopic (exact) mass is 262 g/mol. The minimum Gasteiger partial charge on any atom is -0.447 e. The summed E-state index contributed by atoms with van der Waals surface area (Å²) in [6, 6.07) is 0. The Hall–Kier alpha value is -1.69. The summed E-state index contributed by atoms with van der Waals surface area (Å²) in [5.74, 6) is 1.01. The van der Waals surface area contributed by atoms with Gasteiger partial charge in [-0.1, -0.05) is 0 Å². The van der Waals surface area contributed by atoms with Crippen LogP contribution >= 0.6 is 0 Å². The lowest BCUT2D eigenvalue weighted by Gasteiger charge is -2.29. The van der Waals surface area contributed by atoms with Crippen LogP contribution in [0.4, 0.5) is 10.6 Å². The quantitative estimate of drug-likeness (QED) is 0.802. The zero-order valence-corrected chi connectivity index (χ0v) is 11.1. The van der Waals surface area contributed by atoms with Crippen molar-refractivity contribution in [3.8, 4) is 0 Å². The van der Waals surface area contributed by atoms with Crippen molar-refractivity contribution >= 4 is 11.9 Å². The van der Waals surface area contributed by atoms with Crippen molar-refractivity contribution in [3.63, 3.8) is 0 Å². The van der Waals surface area contributed by atoms with Crippen LogP contribution in [-0.2, 0) is 4.74 Å². The number of cyclic esters (lactones) is 1. The number of hydrogen-bond acceptors (Lipinski definition) is 5. The second-order valence-corrected chi connectivity index (χ2v) is 5.17. The smallest absolute Gasteiger partial charge is 0.415 e. The molecule has 0 N–H and O–H groups in total.